The van der Waals surface area contributed by atoms with E-state index in [1.165, 1.54) is 16.8 Å². The smallest absolute Gasteiger partial charge is 0.0389 e. The number of alkyl halides is 1. The lowest BCUT2D eigenvalue weighted by molar-refractivity contribution is 0.275. The Kier molecular flexibility index (Phi) is 4.10. The minimum Gasteiger partial charge on any atom is -0.366 e. The summed E-state index contributed by atoms with van der Waals surface area (Å²) in [6.45, 7) is 7.94. The molecule has 1 fully saturated rings. The summed E-state index contributed by atoms with van der Waals surface area (Å²) in [5, 5.41) is 0.942. The van der Waals surface area contributed by atoms with Gasteiger partial charge in [-0.25, -0.2) is 0 Å². The molecular formula is C14H21BrN2. The first kappa shape index (κ1) is 12.9. The SMILES string of the molecule is Cc1cc(N2CCN(C)CC2C)ccc1CBr. The summed E-state index contributed by atoms with van der Waals surface area (Å²) in [4.78, 5) is 4.92. The van der Waals surface area contributed by atoms with Crippen LogP contribution in [0.2, 0.25) is 0 Å². The number of piperazine rings is 1. The van der Waals surface area contributed by atoms with E-state index in [0.717, 1.165) is 25.0 Å². The molecule has 1 aromatic rings. The molecule has 0 amide bonds. The summed E-state index contributed by atoms with van der Waals surface area (Å²) >= 11 is 3.53. The Morgan fingerprint density at radius 3 is 2.71 bits per heavy atom. The minimum atomic E-state index is 0.600. The molecule has 1 atom stereocenters. The maximum atomic E-state index is 3.53. The lowest BCUT2D eigenvalue weighted by atomic mass is 10.1. The highest BCUT2D eigenvalue weighted by Gasteiger charge is 2.21. The fourth-order valence-electron chi connectivity index (χ4n) is 2.53. The van der Waals surface area contributed by atoms with Gasteiger partial charge >= 0.3 is 0 Å². The molecule has 1 aromatic carbocycles. The number of aryl methyl sites for hydroxylation is 1. The lowest BCUT2D eigenvalue weighted by Gasteiger charge is -2.40. The number of rotatable bonds is 2. The molecule has 1 aliphatic rings. The topological polar surface area (TPSA) is 6.48 Å². The quantitative estimate of drug-likeness (QED) is 0.774. The van der Waals surface area contributed by atoms with Crippen LogP contribution in [0.1, 0.15) is 18.1 Å². The number of hydrogen-bond donors (Lipinski definition) is 0. The van der Waals surface area contributed by atoms with Crippen molar-refractivity contribution < 1.29 is 0 Å². The van der Waals surface area contributed by atoms with Gasteiger partial charge in [0.25, 0.3) is 0 Å². The third kappa shape index (κ3) is 2.83. The van der Waals surface area contributed by atoms with Crippen LogP contribution < -0.4 is 4.90 Å². The summed E-state index contributed by atoms with van der Waals surface area (Å²) in [7, 11) is 2.20. The molecule has 0 saturated carbocycles. The van der Waals surface area contributed by atoms with Crippen LogP contribution in [0.15, 0.2) is 18.2 Å². The Labute approximate surface area is 113 Å². The van der Waals surface area contributed by atoms with Gasteiger partial charge in [-0.05, 0) is 44.2 Å². The fourth-order valence-corrected chi connectivity index (χ4v) is 3.16. The van der Waals surface area contributed by atoms with E-state index in [4.69, 9.17) is 0 Å². The first-order chi connectivity index (χ1) is 8.11. The van der Waals surface area contributed by atoms with Crippen LogP contribution in [0.4, 0.5) is 5.69 Å². The van der Waals surface area contributed by atoms with E-state index in [2.05, 4.69) is 64.8 Å². The second-order valence-electron chi connectivity index (χ2n) is 5.05. The largest absolute Gasteiger partial charge is 0.366 e. The summed E-state index contributed by atoms with van der Waals surface area (Å²) in [5.41, 5.74) is 4.13. The predicted octanol–water partition coefficient (Wildman–Crippen LogP) is 3.03. The van der Waals surface area contributed by atoms with Crippen LogP contribution in [0.3, 0.4) is 0 Å². The molecule has 1 aliphatic heterocycles. The second-order valence-corrected chi connectivity index (χ2v) is 5.61. The number of halogens is 1. The van der Waals surface area contributed by atoms with Gasteiger partial charge in [-0.1, -0.05) is 22.0 Å². The monoisotopic (exact) mass is 296 g/mol. The van der Waals surface area contributed by atoms with Gasteiger partial charge in [0.1, 0.15) is 0 Å². The summed E-state index contributed by atoms with van der Waals surface area (Å²) < 4.78 is 0. The molecule has 2 nitrogen and oxygen atoms in total. The Balaban J connectivity index is 2.19. The van der Waals surface area contributed by atoms with Crippen LogP contribution in [-0.4, -0.2) is 37.6 Å². The highest BCUT2D eigenvalue weighted by molar-refractivity contribution is 9.08. The van der Waals surface area contributed by atoms with E-state index in [1.807, 2.05) is 0 Å². The Hall–Kier alpha value is -0.540. The Morgan fingerprint density at radius 1 is 1.35 bits per heavy atom. The number of likely N-dealkylation sites (N-methyl/N-ethyl adjacent to an activating group) is 1. The third-order valence-corrected chi connectivity index (χ3v) is 4.24. The number of hydrogen-bond acceptors (Lipinski definition) is 2. The first-order valence-corrected chi connectivity index (χ1v) is 7.34. The van der Waals surface area contributed by atoms with Crippen molar-refractivity contribution >= 4 is 21.6 Å². The van der Waals surface area contributed by atoms with Crippen molar-refractivity contribution in [1.82, 2.24) is 4.90 Å². The molecule has 0 spiro atoms. The van der Waals surface area contributed by atoms with Gasteiger partial charge in [-0.15, -0.1) is 0 Å². The van der Waals surface area contributed by atoms with E-state index >= 15 is 0 Å². The maximum absolute atomic E-state index is 3.53. The zero-order valence-electron chi connectivity index (χ0n) is 10.9. The van der Waals surface area contributed by atoms with Crippen LogP contribution in [0, 0.1) is 6.92 Å². The molecule has 17 heavy (non-hydrogen) atoms. The van der Waals surface area contributed by atoms with Gasteiger partial charge in [0.05, 0.1) is 0 Å². The molecule has 1 unspecified atom stereocenters. The molecule has 1 saturated heterocycles. The molecule has 0 bridgehead atoms. The van der Waals surface area contributed by atoms with E-state index < -0.39 is 0 Å². The predicted molar refractivity (Wildman–Crippen MR) is 78.1 cm³/mol. The molecule has 3 heteroatoms. The second kappa shape index (κ2) is 5.40. The van der Waals surface area contributed by atoms with Crippen molar-refractivity contribution in [3.8, 4) is 0 Å². The van der Waals surface area contributed by atoms with Crippen molar-refractivity contribution in [2.75, 3.05) is 31.6 Å². The average Bonchev–Trinajstić information content (AvgIpc) is 2.29. The standard InChI is InChI=1S/C14H21BrN2/c1-11-8-14(5-4-13(11)9-15)17-7-6-16(3)10-12(17)2/h4-5,8,12H,6-7,9-10H2,1-3H3. The van der Waals surface area contributed by atoms with Crippen molar-refractivity contribution in [3.63, 3.8) is 0 Å². The molecule has 94 valence electrons. The van der Waals surface area contributed by atoms with Crippen LogP contribution in [0.5, 0.6) is 0 Å². The van der Waals surface area contributed by atoms with Crippen LogP contribution in [-0.2, 0) is 5.33 Å². The molecule has 2 rings (SSSR count). The van der Waals surface area contributed by atoms with E-state index in [-0.39, 0.29) is 0 Å². The number of anilines is 1. The molecule has 0 aromatic heterocycles. The van der Waals surface area contributed by atoms with E-state index in [0.29, 0.717) is 6.04 Å². The van der Waals surface area contributed by atoms with Gasteiger partial charge in [-0.2, -0.15) is 0 Å². The maximum Gasteiger partial charge on any atom is 0.0389 e. The highest BCUT2D eigenvalue weighted by atomic mass is 79.9. The zero-order chi connectivity index (χ0) is 12.4. The molecule has 1 heterocycles. The van der Waals surface area contributed by atoms with Gasteiger partial charge < -0.3 is 9.80 Å². The molecule has 0 radical (unpaired) electrons. The molecular weight excluding hydrogens is 276 g/mol. The average molecular weight is 297 g/mol. The highest BCUT2D eigenvalue weighted by Crippen LogP contribution is 2.24. The Morgan fingerprint density at radius 2 is 2.12 bits per heavy atom. The minimum absolute atomic E-state index is 0.600. The van der Waals surface area contributed by atoms with Crippen molar-refractivity contribution in [2.45, 2.75) is 25.2 Å². The number of nitrogens with zero attached hydrogens (tertiary/aromatic N) is 2. The van der Waals surface area contributed by atoms with Gasteiger partial charge in [-0.3, -0.25) is 0 Å². The summed E-state index contributed by atoms with van der Waals surface area (Å²) in [5.74, 6) is 0. The van der Waals surface area contributed by atoms with Gasteiger partial charge in [0, 0.05) is 36.7 Å². The van der Waals surface area contributed by atoms with Gasteiger partial charge in [0.15, 0.2) is 0 Å². The van der Waals surface area contributed by atoms with E-state index in [1.54, 1.807) is 0 Å². The zero-order valence-corrected chi connectivity index (χ0v) is 12.5. The summed E-state index contributed by atoms with van der Waals surface area (Å²) in [6, 6.07) is 7.41. The van der Waals surface area contributed by atoms with Crippen molar-refractivity contribution in [1.29, 1.82) is 0 Å². The van der Waals surface area contributed by atoms with Crippen molar-refractivity contribution in [3.05, 3.63) is 29.3 Å². The lowest BCUT2D eigenvalue weighted by Crippen LogP contribution is -2.50. The summed E-state index contributed by atoms with van der Waals surface area (Å²) in [6.07, 6.45) is 0. The van der Waals surface area contributed by atoms with Crippen LogP contribution in [0.25, 0.3) is 0 Å². The fraction of sp³-hybridized carbons (Fsp3) is 0.571. The molecule has 0 N–H and O–H groups in total. The normalized spacial score (nSPS) is 21.9. The van der Waals surface area contributed by atoms with E-state index in [9.17, 15) is 0 Å². The Bertz CT molecular complexity index is 392. The van der Waals surface area contributed by atoms with Crippen LogP contribution >= 0.6 is 15.9 Å². The number of benzene rings is 1. The van der Waals surface area contributed by atoms with Gasteiger partial charge in [0.2, 0.25) is 0 Å². The third-order valence-electron chi connectivity index (χ3n) is 3.63. The first-order valence-electron chi connectivity index (χ1n) is 6.22. The van der Waals surface area contributed by atoms with Crippen molar-refractivity contribution in [2.24, 2.45) is 0 Å². The molecule has 0 aliphatic carbocycles.